The Kier molecular flexibility index (Phi) is 7.19. The van der Waals surface area contributed by atoms with E-state index >= 15 is 0 Å². The number of fused-ring (bicyclic) bond motifs is 2. The van der Waals surface area contributed by atoms with Crippen molar-refractivity contribution < 1.29 is 0 Å². The molecule has 0 fully saturated rings. The van der Waals surface area contributed by atoms with E-state index < -0.39 is 0 Å². The van der Waals surface area contributed by atoms with Crippen molar-refractivity contribution >= 4 is 44.0 Å². The first-order valence-corrected chi connectivity index (χ1v) is 12.8. The van der Waals surface area contributed by atoms with Crippen LogP contribution in [0.1, 0.15) is 112 Å². The zero-order valence-corrected chi connectivity index (χ0v) is 22.7. The lowest BCUT2D eigenvalue weighted by atomic mass is 9.77. The van der Waals surface area contributed by atoms with Crippen LogP contribution in [0.15, 0.2) is 44.4 Å². The summed E-state index contributed by atoms with van der Waals surface area (Å²) in [7, 11) is 0. The van der Waals surface area contributed by atoms with Crippen molar-refractivity contribution in [3.8, 4) is 0 Å². The summed E-state index contributed by atoms with van der Waals surface area (Å²) >= 11 is 7.70. The molecule has 2 unspecified atom stereocenters. The van der Waals surface area contributed by atoms with Crippen molar-refractivity contribution in [2.75, 3.05) is 0 Å². The fourth-order valence-corrected chi connectivity index (χ4v) is 6.03. The van der Waals surface area contributed by atoms with E-state index in [-0.39, 0.29) is 0 Å². The van der Waals surface area contributed by atoms with E-state index in [1.165, 1.54) is 53.5 Å². The molecule has 0 saturated carbocycles. The Morgan fingerprint density at radius 1 is 0.633 bits per heavy atom. The quantitative estimate of drug-likeness (QED) is 0.371. The summed E-state index contributed by atoms with van der Waals surface area (Å²) in [6.45, 7) is 17.7. The Labute approximate surface area is 200 Å². The van der Waals surface area contributed by atoms with Crippen LogP contribution in [0.25, 0.3) is 12.2 Å². The molecule has 0 N–H and O–H groups in total. The fourth-order valence-electron chi connectivity index (χ4n) is 4.82. The van der Waals surface area contributed by atoms with Gasteiger partial charge in [-0.1, -0.05) is 109 Å². The van der Waals surface area contributed by atoms with Crippen LogP contribution in [0, 0.1) is 0 Å². The second kappa shape index (κ2) is 9.17. The van der Waals surface area contributed by atoms with E-state index in [9.17, 15) is 0 Å². The summed E-state index contributed by atoms with van der Waals surface area (Å²) < 4.78 is 2.46. The van der Waals surface area contributed by atoms with Gasteiger partial charge in [0.1, 0.15) is 0 Å². The molecular weight excluding hydrogens is 496 g/mol. The predicted octanol–water partition coefficient (Wildman–Crippen LogP) is 10.2. The van der Waals surface area contributed by atoms with Gasteiger partial charge in [-0.3, -0.25) is 0 Å². The van der Waals surface area contributed by atoms with E-state index in [1.807, 2.05) is 13.8 Å². The van der Waals surface area contributed by atoms with Crippen molar-refractivity contribution in [2.45, 2.75) is 79.1 Å². The van der Waals surface area contributed by atoms with Crippen LogP contribution >= 0.6 is 31.9 Å². The lowest BCUT2D eigenvalue weighted by Crippen LogP contribution is -2.12. The Morgan fingerprint density at radius 2 is 0.967 bits per heavy atom. The normalized spacial score (nSPS) is 19.3. The van der Waals surface area contributed by atoms with Crippen LogP contribution in [0.4, 0.5) is 0 Å². The summed E-state index contributed by atoms with van der Waals surface area (Å²) in [5.41, 5.74) is 11.5. The Morgan fingerprint density at radius 3 is 1.27 bits per heavy atom. The fraction of sp³-hybridized carbons (Fsp3) is 0.429. The van der Waals surface area contributed by atoms with Gasteiger partial charge in [-0.2, -0.15) is 0 Å². The number of halogens is 2. The molecule has 2 heteroatoms. The molecular formula is C28H34Br2. The lowest BCUT2D eigenvalue weighted by molar-refractivity contribution is 0.687. The smallest absolute Gasteiger partial charge is 0.0253 e. The van der Waals surface area contributed by atoms with Gasteiger partial charge in [0.15, 0.2) is 0 Å². The molecule has 2 aromatic carbocycles. The van der Waals surface area contributed by atoms with E-state index in [1.54, 1.807) is 0 Å². The number of allylic oxidation sites excluding steroid dienone is 2. The third kappa shape index (κ3) is 4.02. The second-order valence-electron chi connectivity index (χ2n) is 9.05. The highest BCUT2D eigenvalue weighted by Crippen LogP contribution is 2.54. The maximum atomic E-state index is 3.85. The zero-order chi connectivity index (χ0) is 22.3. The number of rotatable bonds is 3. The Hall–Kier alpha value is -1.12. The molecule has 2 atom stereocenters. The van der Waals surface area contributed by atoms with E-state index in [2.05, 4.69) is 110 Å². The molecule has 30 heavy (non-hydrogen) atoms. The molecule has 0 heterocycles. The second-order valence-corrected chi connectivity index (χ2v) is 10.8. The highest BCUT2D eigenvalue weighted by atomic mass is 79.9. The van der Waals surface area contributed by atoms with Crippen molar-refractivity contribution in [1.82, 2.24) is 0 Å². The van der Waals surface area contributed by atoms with Gasteiger partial charge < -0.3 is 0 Å². The van der Waals surface area contributed by atoms with E-state index in [4.69, 9.17) is 0 Å². The molecule has 0 spiro atoms. The third-order valence-electron chi connectivity index (χ3n) is 6.43. The lowest BCUT2D eigenvalue weighted by Gasteiger charge is -2.27. The standard InChI is InChI=1S/C26H28Br2.C2H6/c1-13(2)17-9-21-19(23(27)11-17)7-15(5)25(21)26-16(6)8-20-22(26)10-18(14(3)4)12-24(20)28;1-2/h7-14,25-26H,1-6H3;1-2H3. The van der Waals surface area contributed by atoms with Crippen LogP contribution in [0.2, 0.25) is 0 Å². The summed E-state index contributed by atoms with van der Waals surface area (Å²) in [6, 6.07) is 9.51. The molecule has 2 aliphatic carbocycles. The van der Waals surface area contributed by atoms with Crippen LogP contribution in [0.5, 0.6) is 0 Å². The van der Waals surface area contributed by atoms with Gasteiger partial charge >= 0.3 is 0 Å². The summed E-state index contributed by atoms with van der Waals surface area (Å²) in [5, 5.41) is 0. The third-order valence-corrected chi connectivity index (χ3v) is 7.74. The molecule has 2 aliphatic rings. The molecule has 0 radical (unpaired) electrons. The van der Waals surface area contributed by atoms with Gasteiger partial charge in [0, 0.05) is 20.8 Å². The minimum Gasteiger partial charge on any atom is -0.0683 e. The van der Waals surface area contributed by atoms with Crippen molar-refractivity contribution in [1.29, 1.82) is 0 Å². The summed E-state index contributed by atoms with van der Waals surface area (Å²) in [6.07, 6.45) is 4.78. The minimum absolute atomic E-state index is 0.414. The Bertz CT molecular complexity index is 938. The highest BCUT2D eigenvalue weighted by molar-refractivity contribution is 9.10. The topological polar surface area (TPSA) is 0 Å². The number of benzene rings is 2. The summed E-state index contributed by atoms with van der Waals surface area (Å²) in [4.78, 5) is 0. The zero-order valence-electron chi connectivity index (χ0n) is 19.5. The van der Waals surface area contributed by atoms with Gasteiger partial charge in [0.05, 0.1) is 0 Å². The monoisotopic (exact) mass is 528 g/mol. The average Bonchev–Trinajstić information content (AvgIpc) is 3.19. The molecule has 0 aromatic heterocycles. The molecule has 0 bridgehead atoms. The first-order chi connectivity index (χ1) is 14.2. The predicted molar refractivity (Wildman–Crippen MR) is 141 cm³/mol. The van der Waals surface area contributed by atoms with Crippen LogP contribution in [-0.2, 0) is 0 Å². The van der Waals surface area contributed by atoms with Gasteiger partial charge in [-0.25, -0.2) is 0 Å². The van der Waals surface area contributed by atoms with E-state index in [0.29, 0.717) is 23.7 Å². The molecule has 2 aromatic rings. The molecule has 4 rings (SSSR count). The maximum absolute atomic E-state index is 3.85. The molecule has 0 amide bonds. The van der Waals surface area contributed by atoms with Crippen molar-refractivity contribution in [3.05, 3.63) is 77.7 Å². The molecule has 160 valence electrons. The van der Waals surface area contributed by atoms with Crippen molar-refractivity contribution in [3.63, 3.8) is 0 Å². The Balaban J connectivity index is 0.00000124. The van der Waals surface area contributed by atoms with Gasteiger partial charge in [0.2, 0.25) is 0 Å². The number of hydrogen-bond acceptors (Lipinski definition) is 0. The summed E-state index contributed by atoms with van der Waals surface area (Å²) in [5.74, 6) is 1.88. The molecule has 0 nitrogen and oxygen atoms in total. The van der Waals surface area contributed by atoms with Crippen molar-refractivity contribution in [2.24, 2.45) is 0 Å². The number of hydrogen-bond donors (Lipinski definition) is 0. The highest BCUT2D eigenvalue weighted by Gasteiger charge is 2.37. The van der Waals surface area contributed by atoms with E-state index in [0.717, 1.165) is 0 Å². The van der Waals surface area contributed by atoms with Crippen LogP contribution in [-0.4, -0.2) is 0 Å². The largest absolute Gasteiger partial charge is 0.0683 e. The maximum Gasteiger partial charge on any atom is 0.0253 e. The first kappa shape index (κ1) is 23.5. The van der Waals surface area contributed by atoms with Crippen LogP contribution in [0.3, 0.4) is 0 Å². The van der Waals surface area contributed by atoms with Crippen LogP contribution < -0.4 is 0 Å². The minimum atomic E-state index is 0.414. The molecule has 0 aliphatic heterocycles. The SMILES string of the molecule is CC.CC1=Cc2c(Br)cc(C(C)C)cc2C1C1C(C)=Cc2c(Br)cc(C(C)C)cc21. The first-order valence-electron chi connectivity index (χ1n) is 11.2. The molecule has 0 saturated heterocycles. The van der Waals surface area contributed by atoms with Gasteiger partial charge in [0.25, 0.3) is 0 Å². The van der Waals surface area contributed by atoms with Gasteiger partial charge in [-0.15, -0.1) is 0 Å². The van der Waals surface area contributed by atoms with Gasteiger partial charge in [-0.05, 0) is 71.2 Å². The average molecular weight is 530 g/mol.